The highest BCUT2D eigenvalue weighted by atomic mass is 19.4. The zero-order chi connectivity index (χ0) is 18.5. The molecular formula is C19H20F3NO2. The third kappa shape index (κ3) is 6.14. The van der Waals surface area contributed by atoms with Gasteiger partial charge in [0.1, 0.15) is 5.75 Å². The summed E-state index contributed by atoms with van der Waals surface area (Å²) in [5, 5.41) is 2.83. The van der Waals surface area contributed by atoms with Crippen LogP contribution in [0.25, 0.3) is 0 Å². The fourth-order valence-corrected chi connectivity index (χ4v) is 2.47. The maximum Gasteiger partial charge on any atom is 0.416 e. The second-order valence-electron chi connectivity index (χ2n) is 6.41. The number of hydrogen-bond acceptors (Lipinski definition) is 2. The van der Waals surface area contributed by atoms with Crippen molar-refractivity contribution in [1.29, 1.82) is 0 Å². The first kappa shape index (κ1) is 18.8. The molecule has 25 heavy (non-hydrogen) atoms. The van der Waals surface area contributed by atoms with E-state index in [1.807, 2.05) is 44.2 Å². The summed E-state index contributed by atoms with van der Waals surface area (Å²) in [4.78, 5) is 12.0. The molecule has 0 saturated heterocycles. The highest BCUT2D eigenvalue weighted by Crippen LogP contribution is 2.31. The number of alkyl halides is 3. The average Bonchev–Trinajstić information content (AvgIpc) is 2.52. The van der Waals surface area contributed by atoms with Gasteiger partial charge in [-0.2, -0.15) is 13.2 Å². The molecule has 0 aromatic heterocycles. The van der Waals surface area contributed by atoms with E-state index >= 15 is 0 Å². The van der Waals surface area contributed by atoms with E-state index in [4.69, 9.17) is 4.74 Å². The maximum absolute atomic E-state index is 12.7. The Kier molecular flexibility index (Phi) is 5.72. The van der Waals surface area contributed by atoms with Gasteiger partial charge in [-0.05, 0) is 44.0 Å². The summed E-state index contributed by atoms with van der Waals surface area (Å²) in [7, 11) is 0. The Labute approximate surface area is 144 Å². The van der Waals surface area contributed by atoms with E-state index in [2.05, 4.69) is 5.32 Å². The minimum Gasteiger partial charge on any atom is -0.484 e. The van der Waals surface area contributed by atoms with Gasteiger partial charge in [-0.1, -0.05) is 36.4 Å². The molecule has 0 saturated carbocycles. The van der Waals surface area contributed by atoms with Gasteiger partial charge < -0.3 is 10.1 Å². The van der Waals surface area contributed by atoms with Crippen molar-refractivity contribution < 1.29 is 22.7 Å². The van der Waals surface area contributed by atoms with Gasteiger partial charge in [-0.3, -0.25) is 4.79 Å². The molecule has 134 valence electrons. The first-order valence-electron chi connectivity index (χ1n) is 7.81. The van der Waals surface area contributed by atoms with Crippen molar-refractivity contribution in [3.63, 3.8) is 0 Å². The summed E-state index contributed by atoms with van der Waals surface area (Å²) in [6.07, 6.45) is -3.82. The van der Waals surface area contributed by atoms with Crippen LogP contribution in [-0.2, 0) is 17.4 Å². The number of carbonyl (C=O) groups excluding carboxylic acids is 1. The predicted molar refractivity (Wildman–Crippen MR) is 89.3 cm³/mol. The van der Waals surface area contributed by atoms with E-state index in [0.717, 1.165) is 17.7 Å². The zero-order valence-corrected chi connectivity index (χ0v) is 14.1. The van der Waals surface area contributed by atoms with Crippen molar-refractivity contribution in [1.82, 2.24) is 5.32 Å². The van der Waals surface area contributed by atoms with Crippen molar-refractivity contribution in [2.45, 2.75) is 32.0 Å². The van der Waals surface area contributed by atoms with E-state index in [1.54, 1.807) is 0 Å². The van der Waals surface area contributed by atoms with E-state index in [0.29, 0.717) is 6.42 Å². The Bertz CT molecular complexity index is 712. The fourth-order valence-electron chi connectivity index (χ4n) is 2.47. The van der Waals surface area contributed by atoms with Crippen molar-refractivity contribution in [3.8, 4) is 5.75 Å². The molecule has 0 atom stereocenters. The van der Waals surface area contributed by atoms with E-state index < -0.39 is 23.2 Å². The van der Waals surface area contributed by atoms with Gasteiger partial charge in [0.25, 0.3) is 5.91 Å². The largest absolute Gasteiger partial charge is 0.484 e. The minimum atomic E-state index is -4.45. The number of amides is 1. The number of carbonyl (C=O) groups is 1. The lowest BCUT2D eigenvalue weighted by Crippen LogP contribution is -2.47. The summed E-state index contributed by atoms with van der Waals surface area (Å²) in [6.45, 7) is 3.41. The van der Waals surface area contributed by atoms with Crippen LogP contribution in [0.4, 0.5) is 13.2 Å². The SMILES string of the molecule is CC(C)(Cc1ccccc1)NC(=O)COc1cccc(C(F)(F)F)c1. The van der Waals surface area contributed by atoms with Gasteiger partial charge in [0.2, 0.25) is 0 Å². The molecule has 0 unspecified atom stereocenters. The molecule has 0 radical (unpaired) electrons. The molecule has 2 aromatic carbocycles. The molecule has 0 bridgehead atoms. The monoisotopic (exact) mass is 351 g/mol. The topological polar surface area (TPSA) is 38.3 Å². The predicted octanol–water partition coefficient (Wildman–Crippen LogP) is 4.22. The summed E-state index contributed by atoms with van der Waals surface area (Å²) in [6, 6.07) is 14.2. The number of rotatable bonds is 6. The molecule has 6 heteroatoms. The van der Waals surface area contributed by atoms with Crippen molar-refractivity contribution in [3.05, 3.63) is 65.7 Å². The Morgan fingerprint density at radius 1 is 1.04 bits per heavy atom. The first-order valence-corrected chi connectivity index (χ1v) is 7.81. The Morgan fingerprint density at radius 2 is 1.72 bits per heavy atom. The molecule has 0 aliphatic heterocycles. The standard InChI is InChI=1S/C19H20F3NO2/c1-18(2,12-14-7-4-3-5-8-14)23-17(24)13-25-16-10-6-9-15(11-16)19(20,21)22/h3-11H,12-13H2,1-2H3,(H,23,24). The lowest BCUT2D eigenvalue weighted by atomic mass is 9.95. The van der Waals surface area contributed by atoms with Crippen LogP contribution in [-0.4, -0.2) is 18.1 Å². The van der Waals surface area contributed by atoms with Crippen LogP contribution in [0, 0.1) is 0 Å². The molecule has 0 spiro atoms. The summed E-state index contributed by atoms with van der Waals surface area (Å²) in [5.41, 5.74) is -0.239. The number of benzene rings is 2. The third-order valence-electron chi connectivity index (χ3n) is 3.50. The van der Waals surface area contributed by atoms with Crippen molar-refractivity contribution in [2.75, 3.05) is 6.61 Å². The Morgan fingerprint density at radius 3 is 2.36 bits per heavy atom. The molecule has 1 N–H and O–H groups in total. The number of hydrogen-bond donors (Lipinski definition) is 1. The second-order valence-corrected chi connectivity index (χ2v) is 6.41. The van der Waals surface area contributed by atoms with Crippen molar-refractivity contribution >= 4 is 5.91 Å². The van der Waals surface area contributed by atoms with Crippen LogP contribution in [0.5, 0.6) is 5.75 Å². The quantitative estimate of drug-likeness (QED) is 0.846. The highest BCUT2D eigenvalue weighted by Gasteiger charge is 2.30. The van der Waals surface area contributed by atoms with Crippen LogP contribution in [0.15, 0.2) is 54.6 Å². The Hall–Kier alpha value is -2.50. The summed E-state index contributed by atoms with van der Waals surface area (Å²) < 4.78 is 43.2. The number of nitrogens with one attached hydrogen (secondary N) is 1. The highest BCUT2D eigenvalue weighted by molar-refractivity contribution is 5.78. The minimum absolute atomic E-state index is 0.00541. The van der Waals surface area contributed by atoms with Crippen LogP contribution in [0.3, 0.4) is 0 Å². The first-order chi connectivity index (χ1) is 11.7. The van der Waals surface area contributed by atoms with Gasteiger partial charge >= 0.3 is 6.18 Å². The Balaban J connectivity index is 1.90. The summed E-state index contributed by atoms with van der Waals surface area (Å²) in [5.74, 6) is -0.385. The average molecular weight is 351 g/mol. The second kappa shape index (κ2) is 7.59. The van der Waals surface area contributed by atoms with Gasteiger partial charge in [-0.25, -0.2) is 0 Å². The molecule has 3 nitrogen and oxygen atoms in total. The molecule has 2 rings (SSSR count). The van der Waals surface area contributed by atoms with Crippen LogP contribution < -0.4 is 10.1 Å². The van der Waals surface area contributed by atoms with E-state index in [9.17, 15) is 18.0 Å². The normalized spacial score (nSPS) is 11.9. The molecule has 0 aliphatic carbocycles. The molecule has 2 aromatic rings. The van der Waals surface area contributed by atoms with Gasteiger partial charge in [0.05, 0.1) is 5.56 Å². The smallest absolute Gasteiger partial charge is 0.416 e. The fraction of sp³-hybridized carbons (Fsp3) is 0.316. The molecular weight excluding hydrogens is 331 g/mol. The molecule has 1 amide bonds. The van der Waals surface area contributed by atoms with Gasteiger partial charge in [0, 0.05) is 5.54 Å². The van der Waals surface area contributed by atoms with Gasteiger partial charge in [0.15, 0.2) is 6.61 Å². The number of halogens is 3. The van der Waals surface area contributed by atoms with Crippen LogP contribution in [0.2, 0.25) is 0 Å². The van der Waals surface area contributed by atoms with Gasteiger partial charge in [-0.15, -0.1) is 0 Å². The lowest BCUT2D eigenvalue weighted by molar-refractivity contribution is -0.137. The summed E-state index contributed by atoms with van der Waals surface area (Å²) >= 11 is 0. The number of ether oxygens (including phenoxy) is 1. The van der Waals surface area contributed by atoms with Crippen LogP contribution in [0.1, 0.15) is 25.0 Å². The third-order valence-corrected chi connectivity index (χ3v) is 3.50. The lowest BCUT2D eigenvalue weighted by Gasteiger charge is -2.26. The molecule has 0 fully saturated rings. The van der Waals surface area contributed by atoms with E-state index in [-0.39, 0.29) is 12.4 Å². The van der Waals surface area contributed by atoms with Crippen LogP contribution >= 0.6 is 0 Å². The maximum atomic E-state index is 12.7. The van der Waals surface area contributed by atoms with E-state index in [1.165, 1.54) is 12.1 Å². The molecule has 0 aliphatic rings. The zero-order valence-electron chi connectivity index (χ0n) is 14.1. The molecule has 0 heterocycles. The van der Waals surface area contributed by atoms with Crippen molar-refractivity contribution in [2.24, 2.45) is 0 Å².